The number of aliphatic hydroxyl groups excluding tert-OH is 1. The first kappa shape index (κ1) is 22.5. The fraction of sp³-hybridized carbons (Fsp3) is 1.00. The topological polar surface area (TPSA) is 66.4 Å². The molecule has 154 valence electrons. The minimum Gasteiger partial charge on any atom is -0.414 e. The molecule has 0 aromatic heterocycles. The van der Waals surface area contributed by atoms with Crippen molar-refractivity contribution >= 4 is 17.1 Å². The Morgan fingerprint density at radius 2 is 1.38 bits per heavy atom. The van der Waals surface area contributed by atoms with Crippen LogP contribution < -0.4 is 0 Å². The Morgan fingerprint density at radius 1 is 0.885 bits per heavy atom. The summed E-state index contributed by atoms with van der Waals surface area (Å²) in [6, 6.07) is 0. The van der Waals surface area contributed by atoms with Crippen molar-refractivity contribution in [1.29, 1.82) is 0 Å². The normalized spacial score (nSPS) is 34.4. The molecule has 0 spiro atoms. The average molecular weight is 407 g/mol. The highest BCUT2D eigenvalue weighted by molar-refractivity contribution is 6.83. The lowest BCUT2D eigenvalue weighted by Gasteiger charge is -2.51. The van der Waals surface area contributed by atoms with Gasteiger partial charge in [0.2, 0.25) is 0 Å². The Balaban J connectivity index is 2.52. The lowest BCUT2D eigenvalue weighted by Crippen LogP contribution is -2.65. The first-order chi connectivity index (χ1) is 12.0. The van der Waals surface area contributed by atoms with Gasteiger partial charge in [0.15, 0.2) is 6.29 Å². The van der Waals surface area contributed by atoms with Gasteiger partial charge in [0.25, 0.3) is 0 Å². The van der Waals surface area contributed by atoms with E-state index in [1.54, 1.807) is 7.11 Å². The molecule has 2 heterocycles. The van der Waals surface area contributed by atoms with Crippen molar-refractivity contribution in [2.45, 2.75) is 102 Å². The highest BCUT2D eigenvalue weighted by atomic mass is 28.5. The third-order valence-corrected chi connectivity index (χ3v) is 16.1. The summed E-state index contributed by atoms with van der Waals surface area (Å²) in [6.45, 7) is 17.8. The maximum absolute atomic E-state index is 10.7. The van der Waals surface area contributed by atoms with Crippen LogP contribution in [-0.2, 0) is 22.4 Å². The molecule has 0 bridgehead atoms. The summed E-state index contributed by atoms with van der Waals surface area (Å²) in [5.74, 6) is 0. The molecule has 2 aliphatic rings. The van der Waals surface area contributed by atoms with E-state index in [2.05, 4.69) is 55.4 Å². The molecule has 2 saturated heterocycles. The van der Waals surface area contributed by atoms with Crippen LogP contribution in [0.2, 0.25) is 22.2 Å². The Bertz CT molecular complexity index is 455. The summed E-state index contributed by atoms with van der Waals surface area (Å²) in [4.78, 5) is 0. The maximum Gasteiger partial charge on any atom is 0.335 e. The van der Waals surface area contributed by atoms with E-state index in [4.69, 9.17) is 22.4 Å². The molecule has 0 amide bonds. The molecular weight excluding hydrogens is 368 g/mol. The molecule has 0 aromatic rings. The van der Waals surface area contributed by atoms with Crippen LogP contribution in [0.3, 0.4) is 0 Å². The Morgan fingerprint density at radius 3 is 1.81 bits per heavy atom. The molecule has 6 nitrogen and oxygen atoms in total. The van der Waals surface area contributed by atoms with Gasteiger partial charge < -0.3 is 27.5 Å². The van der Waals surface area contributed by atoms with Crippen molar-refractivity contribution in [3.8, 4) is 0 Å². The predicted octanol–water partition coefficient (Wildman–Crippen LogP) is 3.68. The maximum atomic E-state index is 10.7. The number of aliphatic hydroxyl groups is 1. The van der Waals surface area contributed by atoms with E-state index in [1.807, 2.05) is 0 Å². The second-order valence-electron chi connectivity index (χ2n) is 8.83. The molecule has 2 fully saturated rings. The zero-order valence-electron chi connectivity index (χ0n) is 17.8. The van der Waals surface area contributed by atoms with Gasteiger partial charge in [0.1, 0.15) is 18.3 Å². The van der Waals surface area contributed by atoms with Gasteiger partial charge in [0.05, 0.1) is 6.61 Å². The molecule has 1 unspecified atom stereocenters. The van der Waals surface area contributed by atoms with Gasteiger partial charge in [0, 0.05) is 7.11 Å². The summed E-state index contributed by atoms with van der Waals surface area (Å²) in [5.41, 5.74) is 1.03. The summed E-state index contributed by atoms with van der Waals surface area (Å²) in [6.07, 6.45) is -2.35. The molecule has 8 heteroatoms. The highest BCUT2D eigenvalue weighted by Crippen LogP contribution is 2.47. The van der Waals surface area contributed by atoms with Crippen LogP contribution in [0.5, 0.6) is 0 Å². The van der Waals surface area contributed by atoms with E-state index in [0.29, 0.717) is 6.61 Å². The van der Waals surface area contributed by atoms with Crippen molar-refractivity contribution < 1.29 is 27.5 Å². The van der Waals surface area contributed by atoms with Gasteiger partial charge in [-0.05, 0) is 22.2 Å². The van der Waals surface area contributed by atoms with Gasteiger partial charge in [-0.2, -0.15) is 0 Å². The molecule has 2 aliphatic heterocycles. The molecule has 26 heavy (non-hydrogen) atoms. The smallest absolute Gasteiger partial charge is 0.335 e. The van der Waals surface area contributed by atoms with E-state index in [-0.39, 0.29) is 28.3 Å². The van der Waals surface area contributed by atoms with Crippen LogP contribution in [0.25, 0.3) is 0 Å². The molecule has 0 saturated carbocycles. The lowest BCUT2D eigenvalue weighted by atomic mass is 10.1. The van der Waals surface area contributed by atoms with E-state index in [1.165, 1.54) is 0 Å². The van der Waals surface area contributed by atoms with Gasteiger partial charge in [-0.3, -0.25) is 0 Å². The zero-order chi connectivity index (χ0) is 19.9. The van der Waals surface area contributed by atoms with E-state index >= 15 is 0 Å². The van der Waals surface area contributed by atoms with E-state index < -0.39 is 35.6 Å². The molecular formula is C18H38O6Si2. The molecule has 4 atom stereocenters. The molecule has 0 radical (unpaired) electrons. The number of hydrogen-bond donors (Lipinski definition) is 1. The largest absolute Gasteiger partial charge is 0.414 e. The number of fused-ring (bicyclic) bond motifs is 1. The van der Waals surface area contributed by atoms with Crippen LogP contribution in [0.15, 0.2) is 0 Å². The fourth-order valence-electron chi connectivity index (χ4n) is 4.32. The standard InChI is InChI=1S/C18H38O6Si2/c1-11(2)25(12(3)4)21-10-15-17(16(19)18(20-9)22-15)23-26(24-25,13(5)6)14(7)8/h11-19H,10H2,1-9H3/t15-,16+,17?,18-/m1/s1. The quantitative estimate of drug-likeness (QED) is 0.703. The molecule has 0 aliphatic carbocycles. The van der Waals surface area contributed by atoms with Gasteiger partial charge in [-0.1, -0.05) is 55.4 Å². The van der Waals surface area contributed by atoms with Gasteiger partial charge >= 0.3 is 17.1 Å². The molecule has 2 rings (SSSR count). The third-order valence-electron chi connectivity index (χ3n) is 5.85. The van der Waals surface area contributed by atoms with Gasteiger partial charge in [-0.15, -0.1) is 0 Å². The number of methoxy groups -OCH3 is 1. The van der Waals surface area contributed by atoms with Crippen LogP contribution in [0.4, 0.5) is 0 Å². The Labute approximate surface area is 161 Å². The number of ether oxygens (including phenoxy) is 2. The monoisotopic (exact) mass is 406 g/mol. The van der Waals surface area contributed by atoms with Crippen LogP contribution in [0.1, 0.15) is 55.4 Å². The second kappa shape index (κ2) is 8.28. The minimum atomic E-state index is -2.71. The van der Waals surface area contributed by atoms with E-state index in [9.17, 15) is 5.11 Å². The summed E-state index contributed by atoms with van der Waals surface area (Å²) in [5, 5.41) is 10.7. The second-order valence-corrected chi connectivity index (χ2v) is 17.7. The van der Waals surface area contributed by atoms with Crippen molar-refractivity contribution in [2.24, 2.45) is 0 Å². The third kappa shape index (κ3) is 3.71. The number of hydrogen-bond acceptors (Lipinski definition) is 6. The Kier molecular flexibility index (Phi) is 7.16. The summed E-state index contributed by atoms with van der Waals surface area (Å²) < 4.78 is 31.6. The highest BCUT2D eigenvalue weighted by Gasteiger charge is 2.61. The van der Waals surface area contributed by atoms with Gasteiger partial charge in [-0.25, -0.2) is 0 Å². The molecule has 1 N–H and O–H groups in total. The van der Waals surface area contributed by atoms with Crippen molar-refractivity contribution in [3.63, 3.8) is 0 Å². The first-order valence-electron chi connectivity index (χ1n) is 9.90. The van der Waals surface area contributed by atoms with Crippen LogP contribution in [0, 0.1) is 0 Å². The first-order valence-corrected chi connectivity index (χ1v) is 13.8. The Hall–Kier alpha value is 0.194. The van der Waals surface area contributed by atoms with E-state index in [0.717, 1.165) is 0 Å². The summed E-state index contributed by atoms with van der Waals surface area (Å²) >= 11 is 0. The number of rotatable bonds is 5. The van der Waals surface area contributed by atoms with Crippen molar-refractivity contribution in [3.05, 3.63) is 0 Å². The molecule has 0 aromatic carbocycles. The minimum absolute atomic E-state index is 0.225. The van der Waals surface area contributed by atoms with Crippen LogP contribution >= 0.6 is 0 Å². The SMILES string of the molecule is CO[C@@H]1O[C@@H]2CO[Si](C(C)C)(C(C)C)O[Si](C(C)C)(C(C)C)OC2[C@@H]1O. The van der Waals surface area contributed by atoms with Crippen LogP contribution in [-0.4, -0.2) is 60.5 Å². The van der Waals surface area contributed by atoms with Crippen molar-refractivity contribution in [2.75, 3.05) is 13.7 Å². The fourth-order valence-corrected chi connectivity index (χ4v) is 15.5. The zero-order valence-corrected chi connectivity index (χ0v) is 19.8. The summed E-state index contributed by atoms with van der Waals surface area (Å²) in [7, 11) is -3.73. The predicted molar refractivity (Wildman–Crippen MR) is 105 cm³/mol. The van der Waals surface area contributed by atoms with Crippen molar-refractivity contribution in [1.82, 2.24) is 0 Å². The average Bonchev–Trinajstić information content (AvgIpc) is 2.81. The lowest BCUT2D eigenvalue weighted by molar-refractivity contribution is -0.152.